The smallest absolute Gasteiger partial charge is 0.307 e. The van der Waals surface area contributed by atoms with Crippen LogP contribution in [0.3, 0.4) is 0 Å². The van der Waals surface area contributed by atoms with Crippen molar-refractivity contribution in [3.8, 4) is 5.75 Å². The predicted octanol–water partition coefficient (Wildman–Crippen LogP) is 3.60. The van der Waals surface area contributed by atoms with E-state index in [-0.39, 0.29) is 24.2 Å². The molecule has 1 aliphatic rings. The summed E-state index contributed by atoms with van der Waals surface area (Å²) in [7, 11) is 0. The SMILES string of the molecule is Cc1cc(OCCOC(=O)CCN2CCSC2=O)ccc1C(C)C. The third-order valence-electron chi connectivity index (χ3n) is 3.91. The van der Waals surface area contributed by atoms with E-state index < -0.39 is 0 Å². The van der Waals surface area contributed by atoms with Crippen LogP contribution >= 0.6 is 11.8 Å². The molecule has 0 spiro atoms. The Balaban J connectivity index is 1.64. The van der Waals surface area contributed by atoms with Gasteiger partial charge in [0.25, 0.3) is 5.24 Å². The first-order chi connectivity index (χ1) is 11.5. The average molecular weight is 351 g/mol. The summed E-state index contributed by atoms with van der Waals surface area (Å²) >= 11 is 1.29. The Morgan fingerprint density at radius 2 is 2.12 bits per heavy atom. The molecule has 2 rings (SSSR count). The van der Waals surface area contributed by atoms with Gasteiger partial charge >= 0.3 is 5.97 Å². The lowest BCUT2D eigenvalue weighted by molar-refractivity contribution is -0.144. The van der Waals surface area contributed by atoms with Crippen LogP contribution in [0.1, 0.15) is 37.3 Å². The Labute approximate surface area is 147 Å². The van der Waals surface area contributed by atoms with Gasteiger partial charge in [0.15, 0.2) is 0 Å². The van der Waals surface area contributed by atoms with Crippen molar-refractivity contribution in [2.24, 2.45) is 0 Å². The van der Waals surface area contributed by atoms with Crippen molar-refractivity contribution < 1.29 is 19.1 Å². The Hall–Kier alpha value is -1.69. The van der Waals surface area contributed by atoms with E-state index in [1.807, 2.05) is 12.1 Å². The number of carbonyl (C=O) groups is 2. The minimum absolute atomic E-state index is 0.0475. The van der Waals surface area contributed by atoms with Crippen LogP contribution < -0.4 is 4.74 Å². The van der Waals surface area contributed by atoms with E-state index in [0.717, 1.165) is 11.5 Å². The van der Waals surface area contributed by atoms with Crippen molar-refractivity contribution in [1.82, 2.24) is 4.90 Å². The zero-order valence-corrected chi connectivity index (χ0v) is 15.4. The molecule has 0 aliphatic carbocycles. The van der Waals surface area contributed by atoms with E-state index in [4.69, 9.17) is 9.47 Å². The summed E-state index contributed by atoms with van der Waals surface area (Å²) in [5, 5.41) is 0.0475. The summed E-state index contributed by atoms with van der Waals surface area (Å²) in [4.78, 5) is 24.8. The third-order valence-corrected chi connectivity index (χ3v) is 4.80. The molecule has 0 saturated carbocycles. The second kappa shape index (κ2) is 8.97. The number of nitrogens with zero attached hydrogens (tertiary/aromatic N) is 1. The van der Waals surface area contributed by atoms with Crippen LogP contribution in [0, 0.1) is 6.92 Å². The molecule has 0 aromatic heterocycles. The van der Waals surface area contributed by atoms with E-state index in [1.165, 1.54) is 22.9 Å². The highest BCUT2D eigenvalue weighted by atomic mass is 32.2. The molecule has 0 unspecified atom stereocenters. The monoisotopic (exact) mass is 351 g/mol. The summed E-state index contributed by atoms with van der Waals surface area (Å²) < 4.78 is 10.8. The molecule has 1 heterocycles. The fourth-order valence-electron chi connectivity index (χ4n) is 2.63. The molecule has 1 aliphatic heterocycles. The van der Waals surface area contributed by atoms with Crippen molar-refractivity contribution in [3.05, 3.63) is 29.3 Å². The standard InChI is InChI=1S/C18H25NO4S/c1-13(2)16-5-4-15(12-14(16)3)22-9-10-23-17(20)6-7-19-8-11-24-18(19)21/h4-5,12-13H,6-11H2,1-3H3. The quantitative estimate of drug-likeness (QED) is 0.529. The van der Waals surface area contributed by atoms with Gasteiger partial charge in [-0.05, 0) is 36.1 Å². The number of thioether (sulfide) groups is 1. The maximum Gasteiger partial charge on any atom is 0.307 e. The summed E-state index contributed by atoms with van der Waals surface area (Å²) in [5.74, 6) is 1.78. The molecule has 1 aromatic carbocycles. The number of rotatable bonds is 8. The second-order valence-corrected chi connectivity index (χ2v) is 7.14. The zero-order chi connectivity index (χ0) is 17.5. The van der Waals surface area contributed by atoms with Crippen LogP contribution in [0.2, 0.25) is 0 Å². The van der Waals surface area contributed by atoms with Crippen molar-refractivity contribution in [2.45, 2.75) is 33.1 Å². The van der Waals surface area contributed by atoms with E-state index in [0.29, 0.717) is 25.6 Å². The van der Waals surface area contributed by atoms with Gasteiger partial charge < -0.3 is 14.4 Å². The third kappa shape index (κ3) is 5.44. The molecule has 1 fully saturated rings. The predicted molar refractivity (Wildman–Crippen MR) is 95.8 cm³/mol. The van der Waals surface area contributed by atoms with Gasteiger partial charge in [-0.3, -0.25) is 9.59 Å². The molecular weight excluding hydrogens is 326 g/mol. The highest BCUT2D eigenvalue weighted by molar-refractivity contribution is 8.13. The molecule has 24 heavy (non-hydrogen) atoms. The highest BCUT2D eigenvalue weighted by Crippen LogP contribution is 2.23. The van der Waals surface area contributed by atoms with Crippen molar-refractivity contribution in [3.63, 3.8) is 0 Å². The molecule has 1 saturated heterocycles. The Morgan fingerprint density at radius 1 is 1.33 bits per heavy atom. The van der Waals surface area contributed by atoms with Gasteiger partial charge in [-0.15, -0.1) is 0 Å². The lowest BCUT2D eigenvalue weighted by atomic mass is 9.98. The normalized spacial score (nSPS) is 14.3. The molecule has 132 valence electrons. The summed E-state index contributed by atoms with van der Waals surface area (Å²) in [5.41, 5.74) is 2.51. The van der Waals surface area contributed by atoms with Crippen LogP contribution in [0.4, 0.5) is 4.79 Å². The molecule has 0 radical (unpaired) electrons. The molecular formula is C18H25NO4S. The van der Waals surface area contributed by atoms with E-state index in [1.54, 1.807) is 4.90 Å². The van der Waals surface area contributed by atoms with Crippen LogP contribution in [0.15, 0.2) is 18.2 Å². The van der Waals surface area contributed by atoms with Gasteiger partial charge in [0, 0.05) is 18.8 Å². The lowest BCUT2D eigenvalue weighted by Gasteiger charge is -2.14. The molecule has 1 aromatic rings. The largest absolute Gasteiger partial charge is 0.490 e. The van der Waals surface area contributed by atoms with Crippen LogP contribution in [-0.4, -0.2) is 48.2 Å². The van der Waals surface area contributed by atoms with E-state index in [2.05, 4.69) is 26.8 Å². The molecule has 1 amide bonds. The number of benzene rings is 1. The number of esters is 1. The van der Waals surface area contributed by atoms with Crippen LogP contribution in [0.25, 0.3) is 0 Å². The first-order valence-corrected chi connectivity index (χ1v) is 9.26. The molecule has 0 atom stereocenters. The Bertz CT molecular complexity index is 588. The summed E-state index contributed by atoms with van der Waals surface area (Å²) in [6.45, 7) is 8.08. The minimum Gasteiger partial charge on any atom is -0.490 e. The molecule has 5 nitrogen and oxygen atoms in total. The van der Waals surface area contributed by atoms with Gasteiger partial charge in [-0.25, -0.2) is 0 Å². The molecule has 0 N–H and O–H groups in total. The number of amides is 1. The number of hydrogen-bond acceptors (Lipinski definition) is 5. The van der Waals surface area contributed by atoms with Crippen molar-refractivity contribution >= 4 is 23.0 Å². The molecule has 6 heteroatoms. The number of carbonyl (C=O) groups excluding carboxylic acids is 2. The fourth-order valence-corrected chi connectivity index (χ4v) is 3.48. The van der Waals surface area contributed by atoms with Gasteiger partial charge in [0.2, 0.25) is 0 Å². The highest BCUT2D eigenvalue weighted by Gasteiger charge is 2.21. The molecule has 0 bridgehead atoms. The number of aryl methyl sites for hydroxylation is 1. The van der Waals surface area contributed by atoms with Crippen LogP contribution in [-0.2, 0) is 9.53 Å². The van der Waals surface area contributed by atoms with Gasteiger partial charge in [0.1, 0.15) is 19.0 Å². The summed E-state index contributed by atoms with van der Waals surface area (Å²) in [6, 6.07) is 6.03. The van der Waals surface area contributed by atoms with Crippen molar-refractivity contribution in [1.29, 1.82) is 0 Å². The number of hydrogen-bond donors (Lipinski definition) is 0. The van der Waals surface area contributed by atoms with Gasteiger partial charge in [0.05, 0.1) is 6.42 Å². The van der Waals surface area contributed by atoms with Crippen LogP contribution in [0.5, 0.6) is 5.75 Å². The minimum atomic E-state index is -0.297. The van der Waals surface area contributed by atoms with Gasteiger partial charge in [-0.1, -0.05) is 31.7 Å². The van der Waals surface area contributed by atoms with Gasteiger partial charge in [-0.2, -0.15) is 0 Å². The fraction of sp³-hybridized carbons (Fsp3) is 0.556. The Kier molecular flexibility index (Phi) is 6.97. The maximum atomic E-state index is 11.7. The number of ether oxygens (including phenoxy) is 2. The zero-order valence-electron chi connectivity index (χ0n) is 14.5. The first-order valence-electron chi connectivity index (χ1n) is 8.28. The second-order valence-electron chi connectivity index (χ2n) is 6.09. The lowest BCUT2D eigenvalue weighted by Crippen LogP contribution is -2.27. The van der Waals surface area contributed by atoms with Crippen molar-refractivity contribution in [2.75, 3.05) is 32.1 Å². The summed E-state index contributed by atoms with van der Waals surface area (Å²) in [6.07, 6.45) is 0.231. The average Bonchev–Trinajstić information content (AvgIpc) is 2.94. The first kappa shape index (κ1) is 18.6. The maximum absolute atomic E-state index is 11.7. The van der Waals surface area contributed by atoms with E-state index in [9.17, 15) is 9.59 Å². The Morgan fingerprint density at radius 3 is 2.75 bits per heavy atom. The topological polar surface area (TPSA) is 55.8 Å². The van der Waals surface area contributed by atoms with E-state index >= 15 is 0 Å².